The second-order valence-corrected chi connectivity index (χ2v) is 9.97. The average molecular weight is 378 g/mol. The van der Waals surface area contributed by atoms with Crippen molar-refractivity contribution >= 4 is 44.6 Å². The standard InChI is InChI=1S/C16H21Cl2NO3S/c1-16(2)7-5-12(6-8-16)23(21,22)10-15(20)19-14-4-3-11(17)9-13(14)18/h3-4,9,12H,5-8,10H2,1-2H3,(H,19,20). The lowest BCUT2D eigenvalue weighted by Crippen LogP contribution is -2.35. The maximum atomic E-state index is 12.4. The minimum Gasteiger partial charge on any atom is -0.324 e. The van der Waals surface area contributed by atoms with Crippen molar-refractivity contribution in [3.8, 4) is 0 Å². The Morgan fingerprint density at radius 3 is 2.43 bits per heavy atom. The number of amides is 1. The molecule has 0 bridgehead atoms. The van der Waals surface area contributed by atoms with Crippen LogP contribution in [-0.4, -0.2) is 25.3 Å². The van der Waals surface area contributed by atoms with Crippen LogP contribution in [0.15, 0.2) is 18.2 Å². The van der Waals surface area contributed by atoms with Crippen LogP contribution in [0.2, 0.25) is 10.0 Å². The predicted octanol–water partition coefficient (Wildman–Crippen LogP) is 4.32. The molecule has 0 unspecified atom stereocenters. The Morgan fingerprint density at radius 2 is 1.87 bits per heavy atom. The van der Waals surface area contributed by atoms with Crippen LogP contribution in [0, 0.1) is 5.41 Å². The zero-order chi connectivity index (χ0) is 17.3. The molecule has 1 N–H and O–H groups in total. The average Bonchev–Trinajstić information content (AvgIpc) is 2.41. The van der Waals surface area contributed by atoms with Gasteiger partial charge in [0.15, 0.2) is 9.84 Å². The van der Waals surface area contributed by atoms with Crippen LogP contribution in [-0.2, 0) is 14.6 Å². The van der Waals surface area contributed by atoms with Crippen molar-refractivity contribution in [1.82, 2.24) is 0 Å². The molecule has 1 aromatic rings. The van der Waals surface area contributed by atoms with Gasteiger partial charge in [-0.3, -0.25) is 4.79 Å². The highest BCUT2D eigenvalue weighted by Crippen LogP contribution is 2.37. The highest BCUT2D eigenvalue weighted by Gasteiger charge is 2.35. The summed E-state index contributed by atoms with van der Waals surface area (Å²) in [6.07, 6.45) is 2.96. The van der Waals surface area contributed by atoms with Crippen LogP contribution < -0.4 is 5.32 Å². The maximum absolute atomic E-state index is 12.4. The first-order chi connectivity index (χ1) is 10.6. The number of anilines is 1. The molecule has 1 aromatic carbocycles. The van der Waals surface area contributed by atoms with Crippen molar-refractivity contribution in [2.45, 2.75) is 44.8 Å². The molecule has 1 saturated carbocycles. The molecular formula is C16H21Cl2NO3S. The second-order valence-electron chi connectivity index (χ2n) is 6.84. The van der Waals surface area contributed by atoms with Gasteiger partial charge in [-0.05, 0) is 49.3 Å². The van der Waals surface area contributed by atoms with E-state index in [9.17, 15) is 13.2 Å². The molecule has 1 aliphatic rings. The zero-order valence-corrected chi connectivity index (χ0v) is 15.6. The van der Waals surface area contributed by atoms with E-state index in [1.54, 1.807) is 12.1 Å². The van der Waals surface area contributed by atoms with Crippen LogP contribution in [0.25, 0.3) is 0 Å². The van der Waals surface area contributed by atoms with E-state index >= 15 is 0 Å². The molecule has 1 amide bonds. The van der Waals surface area contributed by atoms with Crippen LogP contribution in [0.5, 0.6) is 0 Å². The minimum absolute atomic E-state index is 0.186. The van der Waals surface area contributed by atoms with E-state index in [1.807, 2.05) is 0 Å². The predicted molar refractivity (Wildman–Crippen MR) is 94.9 cm³/mol. The van der Waals surface area contributed by atoms with Crippen molar-refractivity contribution in [3.63, 3.8) is 0 Å². The third kappa shape index (κ3) is 5.10. The van der Waals surface area contributed by atoms with Gasteiger partial charge < -0.3 is 5.32 Å². The number of benzene rings is 1. The first-order valence-electron chi connectivity index (χ1n) is 7.55. The smallest absolute Gasteiger partial charge is 0.239 e. The number of carbonyl (C=O) groups excluding carboxylic acids is 1. The van der Waals surface area contributed by atoms with Crippen LogP contribution in [0.1, 0.15) is 39.5 Å². The Labute approximate surface area is 147 Å². The van der Waals surface area contributed by atoms with Crippen LogP contribution in [0.4, 0.5) is 5.69 Å². The first kappa shape index (κ1) is 18.6. The van der Waals surface area contributed by atoms with Gasteiger partial charge in [-0.25, -0.2) is 8.42 Å². The molecule has 2 rings (SSSR count). The second kappa shape index (κ2) is 6.99. The van der Waals surface area contributed by atoms with E-state index < -0.39 is 26.7 Å². The molecular weight excluding hydrogens is 357 g/mol. The highest BCUT2D eigenvalue weighted by molar-refractivity contribution is 7.92. The lowest BCUT2D eigenvalue weighted by Gasteiger charge is -2.33. The summed E-state index contributed by atoms with van der Waals surface area (Å²) >= 11 is 11.8. The molecule has 0 aromatic heterocycles. The normalized spacial score (nSPS) is 18.6. The van der Waals surface area contributed by atoms with Gasteiger partial charge in [0.25, 0.3) is 0 Å². The summed E-state index contributed by atoms with van der Waals surface area (Å²) < 4.78 is 24.8. The monoisotopic (exact) mass is 377 g/mol. The Bertz CT molecular complexity index is 691. The lowest BCUT2D eigenvalue weighted by atomic mass is 9.77. The van der Waals surface area contributed by atoms with Crippen molar-refractivity contribution in [1.29, 1.82) is 0 Å². The van der Waals surface area contributed by atoms with Gasteiger partial charge in [-0.2, -0.15) is 0 Å². The maximum Gasteiger partial charge on any atom is 0.239 e. The number of halogens is 2. The number of hydrogen-bond donors (Lipinski definition) is 1. The van der Waals surface area contributed by atoms with E-state index in [1.165, 1.54) is 6.07 Å². The summed E-state index contributed by atoms with van der Waals surface area (Å²) in [6.45, 7) is 4.29. The van der Waals surface area contributed by atoms with E-state index in [-0.39, 0.29) is 10.4 Å². The third-order valence-electron chi connectivity index (χ3n) is 4.33. The highest BCUT2D eigenvalue weighted by atomic mass is 35.5. The fourth-order valence-corrected chi connectivity index (χ4v) is 4.89. The van der Waals surface area contributed by atoms with Gasteiger partial charge in [0.2, 0.25) is 5.91 Å². The molecule has 0 heterocycles. The van der Waals surface area contributed by atoms with Gasteiger partial charge in [0.1, 0.15) is 5.75 Å². The van der Waals surface area contributed by atoms with Gasteiger partial charge in [0, 0.05) is 5.02 Å². The first-order valence-corrected chi connectivity index (χ1v) is 10.0. The molecule has 1 fully saturated rings. The van der Waals surface area contributed by atoms with E-state index in [2.05, 4.69) is 19.2 Å². The number of sulfone groups is 1. The molecule has 23 heavy (non-hydrogen) atoms. The summed E-state index contributed by atoms with van der Waals surface area (Å²) in [7, 11) is -3.46. The SMILES string of the molecule is CC1(C)CCC(S(=O)(=O)CC(=O)Nc2ccc(Cl)cc2Cl)CC1. The Hall–Kier alpha value is -0.780. The van der Waals surface area contributed by atoms with Crippen LogP contribution in [0.3, 0.4) is 0 Å². The largest absolute Gasteiger partial charge is 0.324 e. The molecule has 0 atom stereocenters. The van der Waals surface area contributed by atoms with Crippen molar-refractivity contribution in [2.75, 3.05) is 11.1 Å². The molecule has 128 valence electrons. The number of hydrogen-bond acceptors (Lipinski definition) is 3. The topological polar surface area (TPSA) is 63.2 Å². The summed E-state index contributed by atoms with van der Waals surface area (Å²) in [5, 5.41) is 2.84. The molecule has 0 saturated heterocycles. The Morgan fingerprint density at radius 1 is 1.26 bits per heavy atom. The number of nitrogens with one attached hydrogen (secondary N) is 1. The molecule has 4 nitrogen and oxygen atoms in total. The van der Waals surface area contributed by atoms with Crippen molar-refractivity contribution in [2.24, 2.45) is 5.41 Å². The lowest BCUT2D eigenvalue weighted by molar-refractivity contribution is -0.113. The molecule has 0 spiro atoms. The van der Waals surface area contributed by atoms with Crippen LogP contribution >= 0.6 is 23.2 Å². The van der Waals surface area contributed by atoms with Crippen molar-refractivity contribution in [3.05, 3.63) is 28.2 Å². The Kier molecular flexibility index (Phi) is 5.64. The van der Waals surface area contributed by atoms with E-state index in [4.69, 9.17) is 23.2 Å². The molecule has 1 aliphatic carbocycles. The van der Waals surface area contributed by atoms with E-state index in [0.29, 0.717) is 23.6 Å². The fourth-order valence-electron chi connectivity index (χ4n) is 2.81. The van der Waals surface area contributed by atoms with Gasteiger partial charge in [0.05, 0.1) is 16.0 Å². The molecule has 7 heteroatoms. The van der Waals surface area contributed by atoms with E-state index in [0.717, 1.165) is 12.8 Å². The molecule has 0 aliphatic heterocycles. The number of rotatable bonds is 4. The van der Waals surface area contributed by atoms with Gasteiger partial charge >= 0.3 is 0 Å². The summed E-state index contributed by atoms with van der Waals surface area (Å²) in [5.41, 5.74) is 0.548. The summed E-state index contributed by atoms with van der Waals surface area (Å²) in [6, 6.07) is 4.63. The fraction of sp³-hybridized carbons (Fsp3) is 0.562. The third-order valence-corrected chi connectivity index (χ3v) is 7.03. The Balaban J connectivity index is 1.99. The van der Waals surface area contributed by atoms with Gasteiger partial charge in [-0.15, -0.1) is 0 Å². The van der Waals surface area contributed by atoms with Gasteiger partial charge in [-0.1, -0.05) is 37.0 Å². The summed E-state index contributed by atoms with van der Waals surface area (Å²) in [5.74, 6) is -1.09. The minimum atomic E-state index is -3.46. The van der Waals surface area contributed by atoms with Crippen molar-refractivity contribution < 1.29 is 13.2 Å². The zero-order valence-electron chi connectivity index (χ0n) is 13.2. The quantitative estimate of drug-likeness (QED) is 0.849. The summed E-state index contributed by atoms with van der Waals surface area (Å²) in [4.78, 5) is 12.1. The molecule has 0 radical (unpaired) electrons. The number of carbonyl (C=O) groups is 1.